The molecule has 1 saturated heterocycles. The molecule has 178 valence electrons. The standard InChI is InChI=1S/C24H24ClN3O5S/c1-32-20-10-9-15(12-21(20)33-2)28(22(30)17-7-3-4-8-18(17)25)24-26-19(14-34-24)23(31)27-11-5-6-16(29)13-27/h3-4,7-10,12,14,16,29H,5-6,11,13H2,1-2H3. The highest BCUT2D eigenvalue weighted by atomic mass is 35.5. The van der Waals surface area contributed by atoms with Gasteiger partial charge in [-0.3, -0.25) is 14.5 Å². The molecule has 0 spiro atoms. The first-order valence-electron chi connectivity index (χ1n) is 10.7. The number of amides is 2. The van der Waals surface area contributed by atoms with Crippen molar-refractivity contribution in [1.29, 1.82) is 0 Å². The molecule has 2 amide bonds. The Morgan fingerprint density at radius 3 is 2.65 bits per heavy atom. The molecule has 1 N–H and O–H groups in total. The molecule has 2 aromatic carbocycles. The van der Waals surface area contributed by atoms with Crippen LogP contribution in [0, 0.1) is 0 Å². The van der Waals surface area contributed by atoms with E-state index >= 15 is 0 Å². The zero-order valence-corrected chi connectivity index (χ0v) is 20.3. The number of rotatable bonds is 6. The maximum absolute atomic E-state index is 13.7. The van der Waals surface area contributed by atoms with Crippen LogP contribution in [0.3, 0.4) is 0 Å². The lowest BCUT2D eigenvalue weighted by atomic mass is 10.1. The Labute approximate surface area is 206 Å². The molecule has 1 atom stereocenters. The summed E-state index contributed by atoms with van der Waals surface area (Å²) in [5.41, 5.74) is 0.983. The lowest BCUT2D eigenvalue weighted by Gasteiger charge is -2.29. The molecule has 0 bridgehead atoms. The van der Waals surface area contributed by atoms with Gasteiger partial charge in [0.2, 0.25) is 0 Å². The third kappa shape index (κ3) is 4.86. The van der Waals surface area contributed by atoms with Gasteiger partial charge >= 0.3 is 0 Å². The van der Waals surface area contributed by atoms with Gasteiger partial charge in [0.05, 0.1) is 36.6 Å². The predicted octanol–water partition coefficient (Wildman–Crippen LogP) is 4.39. The molecule has 1 aromatic heterocycles. The summed E-state index contributed by atoms with van der Waals surface area (Å²) in [7, 11) is 3.04. The fraction of sp³-hybridized carbons (Fsp3) is 0.292. The van der Waals surface area contributed by atoms with E-state index in [0.29, 0.717) is 45.9 Å². The summed E-state index contributed by atoms with van der Waals surface area (Å²) in [5.74, 6) is 0.264. The summed E-state index contributed by atoms with van der Waals surface area (Å²) in [6.07, 6.45) is 0.860. The number of aliphatic hydroxyl groups excluding tert-OH is 1. The normalized spacial score (nSPS) is 15.6. The van der Waals surface area contributed by atoms with E-state index in [-0.39, 0.29) is 18.1 Å². The average molecular weight is 502 g/mol. The lowest BCUT2D eigenvalue weighted by molar-refractivity contribution is 0.0469. The van der Waals surface area contributed by atoms with Crippen molar-refractivity contribution >= 4 is 45.6 Å². The molecule has 0 radical (unpaired) electrons. The average Bonchev–Trinajstić information content (AvgIpc) is 3.33. The molecule has 1 aliphatic rings. The minimum Gasteiger partial charge on any atom is -0.493 e. The maximum Gasteiger partial charge on any atom is 0.273 e. The quantitative estimate of drug-likeness (QED) is 0.538. The van der Waals surface area contributed by atoms with Crippen LogP contribution in [0.25, 0.3) is 0 Å². The number of halogens is 1. The van der Waals surface area contributed by atoms with Crippen LogP contribution in [0.4, 0.5) is 10.8 Å². The van der Waals surface area contributed by atoms with Gasteiger partial charge in [0.1, 0.15) is 5.69 Å². The minimum atomic E-state index is -0.541. The molecule has 0 saturated carbocycles. The third-order valence-corrected chi connectivity index (χ3v) is 6.67. The van der Waals surface area contributed by atoms with E-state index in [1.54, 1.807) is 52.7 Å². The topological polar surface area (TPSA) is 92.2 Å². The van der Waals surface area contributed by atoms with Crippen LogP contribution in [0.2, 0.25) is 5.02 Å². The van der Waals surface area contributed by atoms with E-state index < -0.39 is 12.0 Å². The summed E-state index contributed by atoms with van der Waals surface area (Å²) in [6.45, 7) is 0.824. The van der Waals surface area contributed by atoms with Crippen molar-refractivity contribution in [2.75, 3.05) is 32.2 Å². The highest BCUT2D eigenvalue weighted by Crippen LogP contribution is 2.37. The maximum atomic E-state index is 13.7. The van der Waals surface area contributed by atoms with Crippen molar-refractivity contribution in [3.05, 3.63) is 64.1 Å². The van der Waals surface area contributed by atoms with Gasteiger partial charge in [-0.05, 0) is 37.1 Å². The van der Waals surface area contributed by atoms with E-state index in [2.05, 4.69) is 4.98 Å². The molecule has 0 aliphatic carbocycles. The molecular weight excluding hydrogens is 478 g/mol. The predicted molar refractivity (Wildman–Crippen MR) is 131 cm³/mol. The zero-order valence-electron chi connectivity index (χ0n) is 18.7. The number of ether oxygens (including phenoxy) is 2. The second-order valence-electron chi connectivity index (χ2n) is 7.72. The van der Waals surface area contributed by atoms with Crippen molar-refractivity contribution in [3.63, 3.8) is 0 Å². The molecule has 8 nitrogen and oxygen atoms in total. The van der Waals surface area contributed by atoms with Crippen LogP contribution in [-0.4, -0.2) is 60.2 Å². The third-order valence-electron chi connectivity index (χ3n) is 5.52. The monoisotopic (exact) mass is 501 g/mol. The molecule has 1 aliphatic heterocycles. The van der Waals surface area contributed by atoms with E-state index in [9.17, 15) is 14.7 Å². The van der Waals surface area contributed by atoms with Crippen molar-refractivity contribution in [3.8, 4) is 11.5 Å². The molecule has 3 aromatic rings. The first kappa shape index (κ1) is 24.0. The molecule has 1 fully saturated rings. The van der Waals surface area contributed by atoms with Crippen LogP contribution < -0.4 is 14.4 Å². The largest absolute Gasteiger partial charge is 0.493 e. The molecule has 34 heavy (non-hydrogen) atoms. The SMILES string of the molecule is COc1ccc(N(C(=O)c2ccccc2Cl)c2nc(C(=O)N3CCCC(O)C3)cs2)cc1OC. The fourth-order valence-corrected chi connectivity index (χ4v) is 4.83. The number of hydrogen-bond acceptors (Lipinski definition) is 7. The number of methoxy groups -OCH3 is 2. The van der Waals surface area contributed by atoms with Crippen LogP contribution in [0.15, 0.2) is 47.8 Å². The summed E-state index contributed by atoms with van der Waals surface area (Å²) in [4.78, 5) is 34.1. The van der Waals surface area contributed by atoms with Gasteiger partial charge in [0.25, 0.3) is 11.8 Å². The number of carbonyl (C=O) groups excluding carboxylic acids is 2. The van der Waals surface area contributed by atoms with Crippen molar-refractivity contribution in [1.82, 2.24) is 9.88 Å². The number of thiazole rings is 1. The lowest BCUT2D eigenvalue weighted by Crippen LogP contribution is -2.42. The van der Waals surface area contributed by atoms with E-state index in [4.69, 9.17) is 21.1 Å². The Hall–Kier alpha value is -3.14. The van der Waals surface area contributed by atoms with Gasteiger partial charge in [-0.2, -0.15) is 0 Å². The number of aliphatic hydroxyl groups is 1. The van der Waals surface area contributed by atoms with Gasteiger partial charge in [-0.15, -0.1) is 11.3 Å². The summed E-state index contributed by atoms with van der Waals surface area (Å²) < 4.78 is 10.7. The number of anilines is 2. The highest BCUT2D eigenvalue weighted by molar-refractivity contribution is 7.14. The Bertz CT molecular complexity index is 1200. The number of aromatic nitrogens is 1. The first-order valence-corrected chi connectivity index (χ1v) is 11.9. The first-order chi connectivity index (χ1) is 16.4. The number of β-amino-alcohol motifs (C(OH)–C–C–N with tert-alkyl or cyclic N) is 1. The summed E-state index contributed by atoms with van der Waals surface area (Å²) in [5, 5.41) is 12.2. The van der Waals surface area contributed by atoms with Crippen molar-refractivity contribution < 1.29 is 24.2 Å². The number of hydrogen-bond donors (Lipinski definition) is 1. The van der Waals surface area contributed by atoms with Crippen LogP contribution in [-0.2, 0) is 0 Å². The number of likely N-dealkylation sites (tertiary alicyclic amines) is 1. The van der Waals surface area contributed by atoms with Gasteiger partial charge in [0, 0.05) is 24.5 Å². The molecule has 10 heteroatoms. The second-order valence-corrected chi connectivity index (χ2v) is 8.97. The Balaban J connectivity index is 1.74. The second kappa shape index (κ2) is 10.4. The highest BCUT2D eigenvalue weighted by Gasteiger charge is 2.29. The van der Waals surface area contributed by atoms with Crippen LogP contribution in [0.5, 0.6) is 11.5 Å². The van der Waals surface area contributed by atoms with E-state index in [1.807, 2.05) is 0 Å². The minimum absolute atomic E-state index is 0.214. The van der Waals surface area contributed by atoms with Gasteiger partial charge < -0.3 is 19.5 Å². The van der Waals surface area contributed by atoms with Crippen LogP contribution in [0.1, 0.15) is 33.7 Å². The fourth-order valence-electron chi connectivity index (χ4n) is 3.80. The summed E-state index contributed by atoms with van der Waals surface area (Å²) >= 11 is 7.49. The number of nitrogens with zero attached hydrogens (tertiary/aromatic N) is 3. The summed E-state index contributed by atoms with van der Waals surface area (Å²) in [6, 6.07) is 11.8. The zero-order chi connectivity index (χ0) is 24.2. The Morgan fingerprint density at radius 1 is 1.18 bits per heavy atom. The molecule has 1 unspecified atom stereocenters. The molecule has 4 rings (SSSR count). The molecule has 2 heterocycles. The van der Waals surface area contributed by atoms with Gasteiger partial charge in [-0.25, -0.2) is 4.98 Å². The number of carbonyl (C=O) groups is 2. The van der Waals surface area contributed by atoms with E-state index in [1.165, 1.54) is 30.5 Å². The number of benzene rings is 2. The van der Waals surface area contributed by atoms with Crippen molar-refractivity contribution in [2.45, 2.75) is 18.9 Å². The van der Waals surface area contributed by atoms with Gasteiger partial charge in [-0.1, -0.05) is 23.7 Å². The number of piperidine rings is 1. The molecular formula is C24H24ClN3O5S. The van der Waals surface area contributed by atoms with Gasteiger partial charge in [0.15, 0.2) is 16.6 Å². The van der Waals surface area contributed by atoms with Crippen molar-refractivity contribution in [2.24, 2.45) is 0 Å². The Kier molecular flexibility index (Phi) is 7.35. The van der Waals surface area contributed by atoms with Crippen LogP contribution >= 0.6 is 22.9 Å². The smallest absolute Gasteiger partial charge is 0.273 e. The Morgan fingerprint density at radius 2 is 1.94 bits per heavy atom. The van der Waals surface area contributed by atoms with E-state index in [0.717, 1.165) is 6.42 Å².